The van der Waals surface area contributed by atoms with Crippen LogP contribution in [0.3, 0.4) is 0 Å². The zero-order valence-electron chi connectivity index (χ0n) is 11.9. The van der Waals surface area contributed by atoms with Crippen molar-refractivity contribution in [2.24, 2.45) is 0 Å². The maximum absolute atomic E-state index is 4.69. The molecule has 0 aromatic carbocycles. The molecular weight excluding hydrogens is 224 g/mol. The van der Waals surface area contributed by atoms with Crippen molar-refractivity contribution in [2.45, 2.75) is 52.2 Å². The molecule has 0 aliphatic carbocycles. The Morgan fingerprint density at radius 2 is 2.33 bits per heavy atom. The first-order chi connectivity index (χ1) is 8.70. The van der Waals surface area contributed by atoms with E-state index < -0.39 is 0 Å². The lowest BCUT2D eigenvalue weighted by atomic mass is 10.2. The van der Waals surface area contributed by atoms with Crippen LogP contribution < -0.4 is 5.32 Å². The van der Waals surface area contributed by atoms with Crippen LogP contribution in [0.25, 0.3) is 0 Å². The molecule has 0 saturated carbocycles. The largest absolute Gasteiger partial charge is 0.315 e. The molecule has 1 aromatic heterocycles. The van der Waals surface area contributed by atoms with E-state index in [1.54, 1.807) is 0 Å². The molecule has 0 radical (unpaired) electrons. The second-order valence-electron chi connectivity index (χ2n) is 5.40. The zero-order chi connectivity index (χ0) is 13.0. The first-order valence-corrected chi connectivity index (χ1v) is 7.19. The van der Waals surface area contributed by atoms with Gasteiger partial charge in [0.1, 0.15) is 0 Å². The van der Waals surface area contributed by atoms with E-state index in [0.717, 1.165) is 32.6 Å². The maximum Gasteiger partial charge on any atom is 0.0765 e. The Morgan fingerprint density at radius 1 is 1.50 bits per heavy atom. The third-order valence-electron chi connectivity index (χ3n) is 4.01. The van der Waals surface area contributed by atoms with Gasteiger partial charge in [-0.05, 0) is 39.3 Å². The van der Waals surface area contributed by atoms with Gasteiger partial charge in [0.05, 0.1) is 5.69 Å². The van der Waals surface area contributed by atoms with Gasteiger partial charge in [0.15, 0.2) is 0 Å². The molecule has 18 heavy (non-hydrogen) atoms. The molecule has 1 fully saturated rings. The Morgan fingerprint density at radius 3 is 3.11 bits per heavy atom. The van der Waals surface area contributed by atoms with Crippen LogP contribution in [0.2, 0.25) is 0 Å². The number of nitrogens with zero attached hydrogens (tertiary/aromatic N) is 3. The van der Waals surface area contributed by atoms with Crippen LogP contribution >= 0.6 is 0 Å². The highest BCUT2D eigenvalue weighted by Gasteiger charge is 2.17. The van der Waals surface area contributed by atoms with Gasteiger partial charge in [-0.25, -0.2) is 0 Å². The first-order valence-electron chi connectivity index (χ1n) is 7.19. The molecule has 102 valence electrons. The summed E-state index contributed by atoms with van der Waals surface area (Å²) in [6.45, 7) is 11.1. The third-order valence-corrected chi connectivity index (χ3v) is 4.01. The van der Waals surface area contributed by atoms with E-state index in [2.05, 4.69) is 47.9 Å². The van der Waals surface area contributed by atoms with Crippen LogP contribution in [0.15, 0.2) is 12.3 Å². The smallest absolute Gasteiger partial charge is 0.0765 e. The predicted molar refractivity (Wildman–Crippen MR) is 74.6 cm³/mol. The summed E-state index contributed by atoms with van der Waals surface area (Å²) in [5, 5.41) is 8.15. The highest BCUT2D eigenvalue weighted by atomic mass is 15.3. The van der Waals surface area contributed by atoms with Crippen LogP contribution in [-0.2, 0) is 6.54 Å². The van der Waals surface area contributed by atoms with Crippen molar-refractivity contribution in [3.05, 3.63) is 18.0 Å². The van der Waals surface area contributed by atoms with E-state index in [9.17, 15) is 0 Å². The van der Waals surface area contributed by atoms with E-state index in [4.69, 9.17) is 5.10 Å². The molecule has 2 unspecified atom stereocenters. The van der Waals surface area contributed by atoms with Crippen molar-refractivity contribution in [1.82, 2.24) is 20.0 Å². The molecule has 2 atom stereocenters. The highest BCUT2D eigenvalue weighted by Crippen LogP contribution is 2.13. The van der Waals surface area contributed by atoms with Gasteiger partial charge < -0.3 is 5.32 Å². The van der Waals surface area contributed by atoms with Crippen LogP contribution in [0.5, 0.6) is 0 Å². The minimum atomic E-state index is 0.502. The molecule has 4 nitrogen and oxygen atoms in total. The van der Waals surface area contributed by atoms with Gasteiger partial charge in [0.25, 0.3) is 0 Å². The Bertz CT molecular complexity index is 360. The first kappa shape index (κ1) is 13.6. The predicted octanol–water partition coefficient (Wildman–Crippen LogP) is 2.04. The van der Waals surface area contributed by atoms with Gasteiger partial charge in [-0.3, -0.25) is 9.58 Å². The Hall–Kier alpha value is -0.870. The summed E-state index contributed by atoms with van der Waals surface area (Å²) in [4.78, 5) is 2.53. The summed E-state index contributed by atoms with van der Waals surface area (Å²) in [6.07, 6.45) is 4.47. The summed E-state index contributed by atoms with van der Waals surface area (Å²) < 4.78 is 2.09. The van der Waals surface area contributed by atoms with E-state index in [1.165, 1.54) is 12.1 Å². The summed E-state index contributed by atoms with van der Waals surface area (Å²) in [5.74, 6) is 0. The molecule has 4 heteroatoms. The van der Waals surface area contributed by atoms with Crippen LogP contribution in [0.4, 0.5) is 0 Å². The maximum atomic E-state index is 4.69. The van der Waals surface area contributed by atoms with Crippen molar-refractivity contribution in [2.75, 3.05) is 19.6 Å². The molecule has 2 rings (SSSR count). The summed E-state index contributed by atoms with van der Waals surface area (Å²) in [6, 6.07) is 3.31. The fourth-order valence-corrected chi connectivity index (χ4v) is 2.40. The molecule has 1 N–H and O–H groups in total. The average Bonchev–Trinajstić information content (AvgIpc) is 2.75. The standard InChI is InChI=1S/C14H26N4/c1-4-12(2)18-9-6-14(16-18)11-17-10-8-15-7-5-13(17)3/h6,9,12-13,15H,4-5,7-8,10-11H2,1-3H3. The van der Waals surface area contributed by atoms with E-state index >= 15 is 0 Å². The van der Waals surface area contributed by atoms with Crippen molar-refractivity contribution < 1.29 is 0 Å². The van der Waals surface area contributed by atoms with Gasteiger partial charge in [0, 0.05) is 37.9 Å². The van der Waals surface area contributed by atoms with Crippen molar-refractivity contribution in [3.63, 3.8) is 0 Å². The lowest BCUT2D eigenvalue weighted by Crippen LogP contribution is -2.33. The van der Waals surface area contributed by atoms with E-state index in [1.807, 2.05) is 0 Å². The van der Waals surface area contributed by atoms with Gasteiger partial charge in [0.2, 0.25) is 0 Å². The Labute approximate surface area is 110 Å². The highest BCUT2D eigenvalue weighted by molar-refractivity contribution is 5.00. The molecule has 1 saturated heterocycles. The third kappa shape index (κ3) is 3.33. The summed E-state index contributed by atoms with van der Waals surface area (Å²) >= 11 is 0. The molecule has 2 heterocycles. The van der Waals surface area contributed by atoms with Crippen LogP contribution in [0, 0.1) is 0 Å². The van der Waals surface area contributed by atoms with Crippen molar-refractivity contribution >= 4 is 0 Å². The lowest BCUT2D eigenvalue weighted by Gasteiger charge is -2.25. The second kappa shape index (κ2) is 6.34. The molecule has 0 bridgehead atoms. The van der Waals surface area contributed by atoms with Gasteiger partial charge >= 0.3 is 0 Å². The van der Waals surface area contributed by atoms with E-state index in [0.29, 0.717) is 12.1 Å². The van der Waals surface area contributed by atoms with Crippen LogP contribution in [-0.4, -0.2) is 40.4 Å². The molecule has 1 aromatic rings. The summed E-state index contributed by atoms with van der Waals surface area (Å²) in [5.41, 5.74) is 1.20. The Kier molecular flexibility index (Phi) is 4.78. The number of aromatic nitrogens is 2. The minimum Gasteiger partial charge on any atom is -0.315 e. The monoisotopic (exact) mass is 250 g/mol. The van der Waals surface area contributed by atoms with Gasteiger partial charge in [-0.2, -0.15) is 5.10 Å². The lowest BCUT2D eigenvalue weighted by molar-refractivity contribution is 0.208. The molecule has 0 spiro atoms. The Balaban J connectivity index is 1.97. The second-order valence-corrected chi connectivity index (χ2v) is 5.40. The number of hydrogen-bond acceptors (Lipinski definition) is 3. The SMILES string of the molecule is CCC(C)n1ccc(CN2CCNCCC2C)n1. The molecule has 1 aliphatic rings. The number of nitrogens with one attached hydrogen (secondary N) is 1. The van der Waals surface area contributed by atoms with Gasteiger partial charge in [-0.15, -0.1) is 0 Å². The van der Waals surface area contributed by atoms with Crippen molar-refractivity contribution in [1.29, 1.82) is 0 Å². The zero-order valence-corrected chi connectivity index (χ0v) is 11.9. The fraction of sp³-hybridized carbons (Fsp3) is 0.786. The van der Waals surface area contributed by atoms with Crippen molar-refractivity contribution in [3.8, 4) is 0 Å². The minimum absolute atomic E-state index is 0.502. The van der Waals surface area contributed by atoms with Gasteiger partial charge in [-0.1, -0.05) is 6.92 Å². The molecule has 0 amide bonds. The van der Waals surface area contributed by atoms with E-state index in [-0.39, 0.29) is 0 Å². The molecule has 1 aliphatic heterocycles. The number of hydrogen-bond donors (Lipinski definition) is 1. The number of rotatable bonds is 4. The fourth-order valence-electron chi connectivity index (χ4n) is 2.40. The molecular formula is C14H26N4. The normalized spacial score (nSPS) is 23.8. The summed E-state index contributed by atoms with van der Waals surface area (Å²) in [7, 11) is 0. The average molecular weight is 250 g/mol. The topological polar surface area (TPSA) is 33.1 Å². The van der Waals surface area contributed by atoms with Crippen LogP contribution in [0.1, 0.15) is 45.3 Å². The quantitative estimate of drug-likeness (QED) is 0.887.